The molecule has 3 rings (SSSR count). The van der Waals surface area contributed by atoms with Gasteiger partial charge in [0.05, 0.1) is 0 Å². The zero-order valence-electron chi connectivity index (χ0n) is 11.7. The molecule has 0 amide bonds. The van der Waals surface area contributed by atoms with Gasteiger partial charge in [0.25, 0.3) is 0 Å². The Morgan fingerprint density at radius 3 is 2.63 bits per heavy atom. The predicted molar refractivity (Wildman–Crippen MR) is 74.0 cm³/mol. The van der Waals surface area contributed by atoms with Gasteiger partial charge in [0, 0.05) is 19.6 Å². The lowest BCUT2D eigenvalue weighted by Crippen LogP contribution is -2.39. The summed E-state index contributed by atoms with van der Waals surface area (Å²) in [7, 11) is 0. The molecule has 6 nitrogen and oxygen atoms in total. The smallest absolute Gasteiger partial charge is 0.183 e. The number of nitrogens with zero attached hydrogens (tertiary/aromatic N) is 6. The van der Waals surface area contributed by atoms with Crippen molar-refractivity contribution in [1.29, 1.82) is 0 Å². The van der Waals surface area contributed by atoms with Crippen molar-refractivity contribution in [3.63, 3.8) is 0 Å². The fraction of sp³-hybridized carbons (Fsp3) is 0.692. The summed E-state index contributed by atoms with van der Waals surface area (Å²) in [6.07, 6.45) is 2.91. The number of piperidine rings is 1. The Hall–Kier alpha value is -1.72. The monoisotopic (exact) mass is 260 g/mol. The molecule has 2 aromatic heterocycles. The highest BCUT2D eigenvalue weighted by molar-refractivity contribution is 5.82. The largest absolute Gasteiger partial charge is 0.354 e. The highest BCUT2D eigenvalue weighted by Crippen LogP contribution is 2.28. The van der Waals surface area contributed by atoms with Crippen LogP contribution in [0.25, 0.3) is 11.2 Å². The second-order valence-corrected chi connectivity index (χ2v) is 5.63. The van der Waals surface area contributed by atoms with E-state index in [4.69, 9.17) is 0 Å². The first-order valence-corrected chi connectivity index (χ1v) is 6.98. The maximum Gasteiger partial charge on any atom is 0.183 e. The van der Waals surface area contributed by atoms with Gasteiger partial charge in [0.1, 0.15) is 6.33 Å². The summed E-state index contributed by atoms with van der Waals surface area (Å²) in [5, 5.41) is 8.41. The van der Waals surface area contributed by atoms with Crippen LogP contribution in [0.4, 0.5) is 5.82 Å². The van der Waals surface area contributed by atoms with E-state index in [1.54, 1.807) is 6.33 Å². The van der Waals surface area contributed by atoms with Crippen LogP contribution in [-0.2, 0) is 6.54 Å². The lowest BCUT2D eigenvalue weighted by molar-refractivity contribution is 0.355. The van der Waals surface area contributed by atoms with E-state index in [1.165, 1.54) is 6.42 Å². The summed E-state index contributed by atoms with van der Waals surface area (Å²) in [5.41, 5.74) is 1.66. The molecule has 0 aliphatic carbocycles. The lowest BCUT2D eigenvalue weighted by Gasteiger charge is -2.35. The van der Waals surface area contributed by atoms with Crippen LogP contribution in [0.3, 0.4) is 0 Å². The first kappa shape index (κ1) is 12.3. The van der Waals surface area contributed by atoms with Crippen molar-refractivity contribution in [3.8, 4) is 0 Å². The SMILES string of the molecule is CCn1nnc2c(N3C[C@H](C)C[C@@H](C)C3)ncnc21. The van der Waals surface area contributed by atoms with Gasteiger partial charge in [-0.25, -0.2) is 14.6 Å². The average Bonchev–Trinajstić information content (AvgIpc) is 2.80. The molecule has 3 heterocycles. The van der Waals surface area contributed by atoms with Crippen LogP contribution in [0.5, 0.6) is 0 Å². The van der Waals surface area contributed by atoms with Crippen molar-refractivity contribution >= 4 is 17.0 Å². The van der Waals surface area contributed by atoms with Crippen LogP contribution < -0.4 is 4.90 Å². The van der Waals surface area contributed by atoms with E-state index in [-0.39, 0.29) is 0 Å². The van der Waals surface area contributed by atoms with Gasteiger partial charge < -0.3 is 4.90 Å². The molecule has 1 aliphatic rings. The summed E-state index contributed by atoms with van der Waals surface area (Å²) in [5.74, 6) is 2.31. The second kappa shape index (κ2) is 4.75. The first-order chi connectivity index (χ1) is 9.19. The quantitative estimate of drug-likeness (QED) is 0.823. The Labute approximate surface area is 112 Å². The van der Waals surface area contributed by atoms with Crippen LogP contribution in [0.15, 0.2) is 6.33 Å². The molecule has 0 radical (unpaired) electrons. The van der Waals surface area contributed by atoms with Crippen LogP contribution in [0.2, 0.25) is 0 Å². The molecule has 0 N–H and O–H groups in total. The summed E-state index contributed by atoms with van der Waals surface area (Å²) < 4.78 is 1.82. The molecule has 19 heavy (non-hydrogen) atoms. The van der Waals surface area contributed by atoms with Gasteiger partial charge in [0.15, 0.2) is 17.0 Å². The predicted octanol–water partition coefficient (Wildman–Crippen LogP) is 1.72. The van der Waals surface area contributed by atoms with Crippen molar-refractivity contribution < 1.29 is 0 Å². The minimum Gasteiger partial charge on any atom is -0.354 e. The van der Waals surface area contributed by atoms with Gasteiger partial charge >= 0.3 is 0 Å². The molecule has 0 bridgehead atoms. The minimum atomic E-state index is 0.690. The normalized spacial score (nSPS) is 24.1. The van der Waals surface area contributed by atoms with Crippen LogP contribution in [0, 0.1) is 11.8 Å². The van der Waals surface area contributed by atoms with E-state index in [1.807, 2.05) is 11.6 Å². The highest BCUT2D eigenvalue weighted by atomic mass is 15.4. The van der Waals surface area contributed by atoms with Crippen molar-refractivity contribution in [3.05, 3.63) is 6.33 Å². The molecule has 0 saturated carbocycles. The number of anilines is 1. The Morgan fingerprint density at radius 2 is 1.95 bits per heavy atom. The number of aromatic nitrogens is 5. The average molecular weight is 260 g/mol. The third-order valence-corrected chi connectivity index (χ3v) is 3.75. The molecular weight excluding hydrogens is 240 g/mol. The van der Waals surface area contributed by atoms with Crippen LogP contribution in [-0.4, -0.2) is 38.1 Å². The molecule has 1 saturated heterocycles. The molecule has 102 valence electrons. The van der Waals surface area contributed by atoms with E-state index in [0.29, 0.717) is 11.8 Å². The Balaban J connectivity index is 2.02. The van der Waals surface area contributed by atoms with Crippen LogP contribution in [0.1, 0.15) is 27.2 Å². The van der Waals surface area contributed by atoms with Crippen molar-refractivity contribution in [2.75, 3.05) is 18.0 Å². The molecule has 6 heteroatoms. The van der Waals surface area contributed by atoms with E-state index in [0.717, 1.165) is 36.6 Å². The fourth-order valence-corrected chi connectivity index (χ4v) is 3.06. The minimum absolute atomic E-state index is 0.690. The van der Waals surface area contributed by atoms with Crippen molar-refractivity contribution in [2.24, 2.45) is 11.8 Å². The number of rotatable bonds is 2. The van der Waals surface area contributed by atoms with Crippen LogP contribution >= 0.6 is 0 Å². The first-order valence-electron chi connectivity index (χ1n) is 6.98. The summed E-state index contributed by atoms with van der Waals surface area (Å²) >= 11 is 0. The molecule has 0 aromatic carbocycles. The van der Waals surface area contributed by atoms with E-state index >= 15 is 0 Å². The zero-order chi connectivity index (χ0) is 13.4. The molecule has 2 atom stereocenters. The van der Waals surface area contributed by atoms with E-state index in [2.05, 4.69) is 39.0 Å². The topological polar surface area (TPSA) is 59.7 Å². The van der Waals surface area contributed by atoms with Gasteiger partial charge in [-0.15, -0.1) is 5.10 Å². The van der Waals surface area contributed by atoms with Crippen molar-refractivity contribution in [1.82, 2.24) is 25.0 Å². The third kappa shape index (κ3) is 2.15. The fourth-order valence-electron chi connectivity index (χ4n) is 3.06. The molecule has 0 spiro atoms. The Kier molecular flexibility index (Phi) is 3.08. The second-order valence-electron chi connectivity index (χ2n) is 5.63. The van der Waals surface area contributed by atoms with E-state index in [9.17, 15) is 0 Å². The van der Waals surface area contributed by atoms with Gasteiger partial charge in [-0.3, -0.25) is 0 Å². The number of aryl methyl sites for hydroxylation is 1. The van der Waals surface area contributed by atoms with Gasteiger partial charge in [0.2, 0.25) is 0 Å². The standard InChI is InChI=1S/C13H20N6/c1-4-19-13-11(16-17-19)12(14-8-15-13)18-6-9(2)5-10(3)7-18/h8-10H,4-7H2,1-3H3/t9-,10-/m1/s1. The van der Waals surface area contributed by atoms with Gasteiger partial charge in [-0.05, 0) is 25.2 Å². The molecule has 0 unspecified atom stereocenters. The van der Waals surface area contributed by atoms with Gasteiger partial charge in [-0.1, -0.05) is 19.1 Å². The van der Waals surface area contributed by atoms with E-state index < -0.39 is 0 Å². The molecule has 2 aromatic rings. The zero-order valence-corrected chi connectivity index (χ0v) is 11.7. The van der Waals surface area contributed by atoms with Gasteiger partial charge in [-0.2, -0.15) is 0 Å². The summed E-state index contributed by atoms with van der Waals surface area (Å²) in [4.78, 5) is 11.1. The highest BCUT2D eigenvalue weighted by Gasteiger charge is 2.25. The Bertz CT molecular complexity index is 568. The maximum atomic E-state index is 4.45. The molecule has 1 aliphatic heterocycles. The summed E-state index contributed by atoms with van der Waals surface area (Å²) in [6, 6.07) is 0. The lowest BCUT2D eigenvalue weighted by atomic mass is 9.92. The molecule has 1 fully saturated rings. The number of hydrogen-bond donors (Lipinski definition) is 0. The number of hydrogen-bond acceptors (Lipinski definition) is 5. The number of fused-ring (bicyclic) bond motifs is 1. The van der Waals surface area contributed by atoms with Crippen molar-refractivity contribution in [2.45, 2.75) is 33.7 Å². The summed E-state index contributed by atoms with van der Waals surface area (Å²) in [6.45, 7) is 9.49. The Morgan fingerprint density at radius 1 is 1.21 bits per heavy atom. The third-order valence-electron chi connectivity index (χ3n) is 3.75. The maximum absolute atomic E-state index is 4.45. The molecular formula is C13H20N6.